The van der Waals surface area contributed by atoms with Gasteiger partial charge >= 0.3 is 18.0 Å². The zero-order valence-corrected chi connectivity index (χ0v) is 16.0. The normalized spacial score (nSPS) is 12.9. The maximum Gasteiger partial charge on any atom is 0.435 e. The van der Waals surface area contributed by atoms with E-state index in [1.807, 2.05) is 0 Å². The van der Waals surface area contributed by atoms with Crippen LogP contribution in [-0.4, -0.2) is 24.4 Å². The molecule has 0 fully saturated rings. The molecule has 2 aromatic rings. The molecular weight excluding hydrogens is 447 g/mol. The van der Waals surface area contributed by atoms with Crippen molar-refractivity contribution in [3.8, 4) is 11.1 Å². The molecule has 0 atom stereocenters. The number of alkyl halides is 7. The van der Waals surface area contributed by atoms with E-state index >= 15 is 0 Å². The molecule has 0 heterocycles. The van der Waals surface area contributed by atoms with Crippen LogP contribution in [-0.2, 0) is 17.0 Å². The van der Waals surface area contributed by atoms with E-state index in [-0.39, 0.29) is 11.1 Å². The minimum atomic E-state index is -6.36. The average Bonchev–Trinajstić information content (AvgIpc) is 2.59. The molecule has 2 aromatic carbocycles. The van der Waals surface area contributed by atoms with Crippen LogP contribution < -0.4 is 0 Å². The highest BCUT2D eigenvalue weighted by Crippen LogP contribution is 2.56. The summed E-state index contributed by atoms with van der Waals surface area (Å²) in [4.78, 5) is 10.0. The van der Waals surface area contributed by atoms with Crippen molar-refractivity contribution in [2.75, 3.05) is 7.11 Å². The molecule has 0 aliphatic carbocycles. The van der Waals surface area contributed by atoms with Crippen molar-refractivity contribution in [3.05, 3.63) is 62.2 Å². The van der Waals surface area contributed by atoms with Crippen LogP contribution in [0.15, 0.2) is 30.3 Å². The van der Waals surface area contributed by atoms with Crippen LogP contribution in [0.25, 0.3) is 11.1 Å². The second kappa shape index (κ2) is 8.03. The van der Waals surface area contributed by atoms with E-state index in [9.17, 15) is 40.8 Å². The van der Waals surface area contributed by atoms with Gasteiger partial charge in [0.25, 0.3) is 5.69 Å². The highest BCUT2D eigenvalue weighted by molar-refractivity contribution is 6.33. The van der Waals surface area contributed by atoms with E-state index in [4.69, 9.17) is 16.3 Å². The summed E-state index contributed by atoms with van der Waals surface area (Å²) < 4.78 is 101. The Labute approximate surface area is 170 Å². The van der Waals surface area contributed by atoms with Gasteiger partial charge in [0.05, 0.1) is 16.6 Å². The Morgan fingerprint density at radius 3 is 2.03 bits per heavy atom. The lowest BCUT2D eigenvalue weighted by atomic mass is 9.83. The number of ether oxygens (including phenoxy) is 1. The summed E-state index contributed by atoms with van der Waals surface area (Å²) in [7, 11) is 1.14. The SMILES string of the molecule is COCc1cc(C)cc(C(F)(C(F)(F)F)C(F)(F)F)c1-c1ccc([N+](=O)[O-])cc1Cl. The molecule has 0 saturated carbocycles. The molecule has 0 N–H and O–H groups in total. The maximum absolute atomic E-state index is 15.0. The molecule has 0 amide bonds. The first kappa shape index (κ1) is 23.9. The van der Waals surface area contributed by atoms with Gasteiger partial charge in [-0.25, -0.2) is 4.39 Å². The summed E-state index contributed by atoms with van der Waals surface area (Å²) in [5.41, 5.74) is -9.56. The molecule has 0 bridgehead atoms. The van der Waals surface area contributed by atoms with Gasteiger partial charge in [-0.1, -0.05) is 29.3 Å². The Morgan fingerprint density at radius 2 is 1.60 bits per heavy atom. The molecule has 2 rings (SSSR count). The molecule has 0 spiro atoms. The van der Waals surface area contributed by atoms with Crippen LogP contribution in [0.3, 0.4) is 0 Å². The van der Waals surface area contributed by atoms with Crippen molar-refractivity contribution < 1.29 is 40.4 Å². The van der Waals surface area contributed by atoms with Crippen molar-refractivity contribution in [1.82, 2.24) is 0 Å². The fraction of sp³-hybridized carbons (Fsp3) is 0.333. The molecule has 0 unspecified atom stereocenters. The second-order valence-electron chi connectivity index (χ2n) is 6.35. The van der Waals surface area contributed by atoms with Gasteiger partial charge in [0.1, 0.15) is 0 Å². The highest BCUT2D eigenvalue weighted by atomic mass is 35.5. The van der Waals surface area contributed by atoms with Crippen LogP contribution in [0.2, 0.25) is 5.02 Å². The first-order valence-electron chi connectivity index (χ1n) is 8.04. The Morgan fingerprint density at radius 1 is 1.03 bits per heavy atom. The van der Waals surface area contributed by atoms with Crippen LogP contribution in [0.1, 0.15) is 16.7 Å². The molecule has 0 aliphatic rings. The standard InChI is InChI=1S/C18H13ClF7NO3/c1-9-5-10(8-30-2)15(12-4-3-11(27(28)29)7-14(12)19)13(6-9)16(20,17(21,22)23)18(24,25)26/h3-7H,8H2,1-2H3. The topological polar surface area (TPSA) is 52.4 Å². The van der Waals surface area contributed by atoms with E-state index in [2.05, 4.69) is 0 Å². The fourth-order valence-electron chi connectivity index (χ4n) is 3.01. The fourth-order valence-corrected chi connectivity index (χ4v) is 3.28. The Balaban J connectivity index is 3.01. The predicted molar refractivity (Wildman–Crippen MR) is 93.9 cm³/mol. The van der Waals surface area contributed by atoms with Gasteiger partial charge < -0.3 is 4.74 Å². The van der Waals surface area contributed by atoms with Crippen molar-refractivity contribution in [1.29, 1.82) is 0 Å². The van der Waals surface area contributed by atoms with E-state index in [0.717, 1.165) is 25.3 Å². The number of nitrogens with zero attached hydrogens (tertiary/aromatic N) is 1. The molecule has 0 aliphatic heterocycles. The van der Waals surface area contributed by atoms with Crippen LogP contribution in [0.5, 0.6) is 0 Å². The highest BCUT2D eigenvalue weighted by Gasteiger charge is 2.74. The zero-order chi connectivity index (χ0) is 23.1. The predicted octanol–water partition coefficient (Wildman–Crippen LogP) is 6.66. The Kier molecular flexibility index (Phi) is 6.39. The molecule has 164 valence electrons. The number of hydrogen-bond donors (Lipinski definition) is 0. The van der Waals surface area contributed by atoms with Crippen LogP contribution in [0.4, 0.5) is 36.4 Å². The molecule has 12 heteroatoms. The first-order chi connectivity index (χ1) is 13.6. The number of nitro groups is 1. The van der Waals surface area contributed by atoms with E-state index in [1.54, 1.807) is 0 Å². The third-order valence-corrected chi connectivity index (χ3v) is 4.56. The van der Waals surface area contributed by atoms with Crippen LogP contribution >= 0.6 is 11.6 Å². The molecule has 4 nitrogen and oxygen atoms in total. The van der Waals surface area contributed by atoms with Crippen molar-refractivity contribution in [3.63, 3.8) is 0 Å². The quantitative estimate of drug-likeness (QED) is 0.285. The number of benzene rings is 2. The Bertz CT molecular complexity index is 959. The summed E-state index contributed by atoms with van der Waals surface area (Å²) in [5.74, 6) is 0. The molecule has 0 aromatic heterocycles. The molecule has 0 radical (unpaired) electrons. The number of halogens is 8. The number of nitro benzene ring substituents is 1. The van der Waals surface area contributed by atoms with E-state index < -0.39 is 57.0 Å². The minimum absolute atomic E-state index is 0.0886. The summed E-state index contributed by atoms with van der Waals surface area (Å²) in [6.45, 7) is 0.722. The van der Waals surface area contributed by atoms with Gasteiger partial charge in [-0.15, -0.1) is 0 Å². The van der Waals surface area contributed by atoms with Gasteiger partial charge in [0.15, 0.2) is 0 Å². The number of methoxy groups -OCH3 is 1. The number of rotatable bonds is 5. The van der Waals surface area contributed by atoms with Gasteiger partial charge in [-0.05, 0) is 24.1 Å². The average molecular weight is 460 g/mol. The summed E-state index contributed by atoms with van der Waals surface area (Å²) in [5, 5.41) is 10.3. The maximum atomic E-state index is 15.0. The smallest absolute Gasteiger partial charge is 0.380 e. The van der Waals surface area contributed by atoms with Crippen molar-refractivity contribution >= 4 is 17.3 Å². The van der Waals surface area contributed by atoms with Gasteiger partial charge in [0, 0.05) is 30.4 Å². The monoisotopic (exact) mass is 459 g/mol. The van der Waals surface area contributed by atoms with E-state index in [0.29, 0.717) is 6.07 Å². The second-order valence-corrected chi connectivity index (χ2v) is 6.76. The summed E-state index contributed by atoms with van der Waals surface area (Å²) >= 11 is 5.94. The minimum Gasteiger partial charge on any atom is -0.380 e. The lowest BCUT2D eigenvalue weighted by Gasteiger charge is -2.33. The third-order valence-electron chi connectivity index (χ3n) is 4.25. The molecule has 30 heavy (non-hydrogen) atoms. The number of aryl methyl sites for hydroxylation is 1. The molecule has 0 saturated heterocycles. The lowest BCUT2D eigenvalue weighted by Crippen LogP contribution is -2.50. The zero-order valence-electron chi connectivity index (χ0n) is 15.3. The molecular formula is C18H13ClF7NO3. The summed E-state index contributed by atoms with van der Waals surface area (Å²) in [6, 6.07) is 4.09. The van der Waals surface area contributed by atoms with Gasteiger partial charge in [-0.2, -0.15) is 26.3 Å². The Hall–Kier alpha value is -2.40. The number of non-ortho nitro benzene ring substituents is 1. The largest absolute Gasteiger partial charge is 0.435 e. The first-order valence-corrected chi connectivity index (χ1v) is 8.42. The van der Waals surface area contributed by atoms with Crippen LogP contribution in [0, 0.1) is 17.0 Å². The van der Waals surface area contributed by atoms with Gasteiger partial charge in [0.2, 0.25) is 0 Å². The van der Waals surface area contributed by atoms with Crippen molar-refractivity contribution in [2.24, 2.45) is 0 Å². The van der Waals surface area contributed by atoms with Gasteiger partial charge in [-0.3, -0.25) is 10.1 Å². The van der Waals surface area contributed by atoms with E-state index in [1.165, 1.54) is 13.0 Å². The summed E-state index contributed by atoms with van der Waals surface area (Å²) in [6.07, 6.45) is -12.7. The third kappa shape index (κ3) is 4.08. The van der Waals surface area contributed by atoms with Crippen molar-refractivity contribution in [2.45, 2.75) is 31.6 Å². The lowest BCUT2D eigenvalue weighted by molar-refractivity contribution is -0.384. The number of hydrogen-bond acceptors (Lipinski definition) is 3.